The zero-order chi connectivity index (χ0) is 20.8. The van der Waals surface area contributed by atoms with Crippen LogP contribution in [0.4, 0.5) is 22.0 Å². The lowest BCUT2D eigenvalue weighted by molar-refractivity contribution is -0.142. The third kappa shape index (κ3) is 3.30. The second kappa shape index (κ2) is 6.88. The summed E-state index contributed by atoms with van der Waals surface area (Å²) in [5.74, 6) is -1.24. The number of hydrogen-bond acceptors (Lipinski definition) is 6. The molecule has 4 aromatic heterocycles. The van der Waals surface area contributed by atoms with Gasteiger partial charge < -0.3 is 9.72 Å². The Bertz CT molecular complexity index is 1150. The normalized spacial score (nSPS) is 12.4. The Hall–Kier alpha value is -3.42. The Kier molecular flexibility index (Phi) is 4.49. The molecule has 14 heteroatoms. The van der Waals surface area contributed by atoms with Crippen LogP contribution < -0.4 is 0 Å². The third-order valence-electron chi connectivity index (χ3n) is 3.94. The lowest BCUT2D eigenvalue weighted by atomic mass is 10.2. The van der Waals surface area contributed by atoms with Gasteiger partial charge in [-0.3, -0.25) is 9.50 Å². The van der Waals surface area contributed by atoms with Gasteiger partial charge >= 0.3 is 6.18 Å². The number of nitrogens with zero attached hydrogens (tertiary/aromatic N) is 6. The molecule has 0 amide bonds. The molecule has 0 saturated carbocycles. The van der Waals surface area contributed by atoms with Crippen molar-refractivity contribution in [2.24, 2.45) is 0 Å². The van der Waals surface area contributed by atoms with Crippen molar-refractivity contribution in [1.29, 1.82) is 0 Å². The van der Waals surface area contributed by atoms with Gasteiger partial charge in [0.2, 0.25) is 11.6 Å². The summed E-state index contributed by atoms with van der Waals surface area (Å²) in [6.07, 6.45) is -3.77. The van der Waals surface area contributed by atoms with E-state index in [1.165, 1.54) is 30.2 Å². The smallest absolute Gasteiger partial charge is 0.380 e. The van der Waals surface area contributed by atoms with E-state index < -0.39 is 24.1 Å². The SMILES string of the molecule is COCc1cn2c(-c3cnc[nH]3)c(-c3nc(C(F)F)n[nH]3)nc2nc1C(F)(F)F. The Balaban J connectivity index is 2.01. The van der Waals surface area contributed by atoms with Crippen LogP contribution in [0.15, 0.2) is 18.7 Å². The van der Waals surface area contributed by atoms with Crippen molar-refractivity contribution in [1.82, 2.24) is 39.5 Å². The van der Waals surface area contributed by atoms with Crippen molar-refractivity contribution >= 4 is 5.78 Å². The average molecular weight is 414 g/mol. The highest BCUT2D eigenvalue weighted by Gasteiger charge is 2.37. The van der Waals surface area contributed by atoms with Crippen LogP contribution in [0.3, 0.4) is 0 Å². The topological polar surface area (TPSA) is 110 Å². The van der Waals surface area contributed by atoms with Gasteiger partial charge in [0.1, 0.15) is 11.4 Å². The predicted molar refractivity (Wildman–Crippen MR) is 86.6 cm³/mol. The van der Waals surface area contributed by atoms with Crippen LogP contribution >= 0.6 is 0 Å². The summed E-state index contributed by atoms with van der Waals surface area (Å²) in [6.45, 7) is -0.356. The molecule has 2 N–H and O–H groups in total. The monoisotopic (exact) mass is 414 g/mol. The summed E-state index contributed by atoms with van der Waals surface area (Å²) in [6, 6.07) is 0. The van der Waals surface area contributed by atoms with E-state index in [1.807, 2.05) is 0 Å². The van der Waals surface area contributed by atoms with Crippen molar-refractivity contribution in [2.45, 2.75) is 19.2 Å². The number of alkyl halides is 5. The molecule has 0 radical (unpaired) electrons. The van der Waals surface area contributed by atoms with Crippen LogP contribution in [0.25, 0.3) is 28.7 Å². The van der Waals surface area contributed by atoms with Crippen molar-refractivity contribution in [3.8, 4) is 22.9 Å². The summed E-state index contributed by atoms with van der Waals surface area (Å²) in [4.78, 5) is 18.1. The summed E-state index contributed by atoms with van der Waals surface area (Å²) < 4.78 is 72.1. The van der Waals surface area contributed by atoms with E-state index in [9.17, 15) is 22.0 Å². The highest BCUT2D eigenvalue weighted by Crippen LogP contribution is 2.35. The van der Waals surface area contributed by atoms with Crippen LogP contribution in [0, 0.1) is 0 Å². The summed E-state index contributed by atoms with van der Waals surface area (Å²) in [5.41, 5.74) is -0.849. The average Bonchev–Trinajstić information content (AvgIpc) is 3.38. The second-order valence-corrected chi connectivity index (χ2v) is 5.83. The minimum absolute atomic E-state index is 0.0242. The molecule has 0 bridgehead atoms. The van der Waals surface area contributed by atoms with Crippen LogP contribution in [0.2, 0.25) is 0 Å². The van der Waals surface area contributed by atoms with Gasteiger partial charge in [0.25, 0.3) is 6.43 Å². The molecule has 4 rings (SSSR count). The van der Waals surface area contributed by atoms with E-state index in [4.69, 9.17) is 4.74 Å². The number of fused-ring (bicyclic) bond motifs is 1. The molecule has 0 aliphatic carbocycles. The number of imidazole rings is 2. The van der Waals surface area contributed by atoms with E-state index >= 15 is 0 Å². The molecule has 29 heavy (non-hydrogen) atoms. The maximum Gasteiger partial charge on any atom is 0.433 e. The Morgan fingerprint density at radius 2 is 2.00 bits per heavy atom. The molecular weight excluding hydrogens is 403 g/mol. The van der Waals surface area contributed by atoms with E-state index in [0.717, 1.165) is 0 Å². The van der Waals surface area contributed by atoms with Gasteiger partial charge in [-0.15, -0.1) is 0 Å². The van der Waals surface area contributed by atoms with Crippen molar-refractivity contribution in [3.63, 3.8) is 0 Å². The summed E-state index contributed by atoms with van der Waals surface area (Å²) in [7, 11) is 1.25. The molecule has 152 valence electrons. The highest BCUT2D eigenvalue weighted by molar-refractivity contribution is 5.76. The molecule has 0 aliphatic rings. The van der Waals surface area contributed by atoms with Crippen LogP contribution in [-0.2, 0) is 17.5 Å². The molecule has 0 fully saturated rings. The van der Waals surface area contributed by atoms with Crippen LogP contribution in [0.5, 0.6) is 0 Å². The first-order valence-corrected chi connectivity index (χ1v) is 7.97. The standard InChI is InChI=1S/C15H11F5N8O/c1-29-4-6-3-28-9(7-2-21-5-22-7)8(12-25-13(11(16)17)27-26-12)23-14(28)24-10(6)15(18,19)20/h2-3,5,11H,4H2,1H3,(H,21,22)(H,25,26,27). The van der Waals surface area contributed by atoms with Crippen molar-refractivity contribution in [2.75, 3.05) is 7.11 Å². The molecular formula is C15H11F5N8O. The molecule has 0 spiro atoms. The fraction of sp³-hybridized carbons (Fsp3) is 0.267. The second-order valence-electron chi connectivity index (χ2n) is 5.83. The van der Waals surface area contributed by atoms with E-state index in [2.05, 4.69) is 35.1 Å². The van der Waals surface area contributed by atoms with Crippen LogP contribution in [0.1, 0.15) is 23.5 Å². The Labute approximate surface area is 158 Å². The van der Waals surface area contributed by atoms with Gasteiger partial charge in [-0.1, -0.05) is 0 Å². The van der Waals surface area contributed by atoms with E-state index in [-0.39, 0.29) is 35.2 Å². The number of H-pyrrole nitrogens is 2. The third-order valence-corrected chi connectivity index (χ3v) is 3.94. The molecule has 0 unspecified atom stereocenters. The van der Waals surface area contributed by atoms with Crippen LogP contribution in [-0.4, -0.2) is 46.6 Å². The molecule has 0 aromatic carbocycles. The molecule has 0 atom stereocenters. The minimum atomic E-state index is -4.75. The maximum absolute atomic E-state index is 13.4. The first kappa shape index (κ1) is 18.9. The zero-order valence-electron chi connectivity index (χ0n) is 14.5. The largest absolute Gasteiger partial charge is 0.433 e. The molecule has 0 aliphatic heterocycles. The van der Waals surface area contributed by atoms with Gasteiger partial charge in [-0.05, 0) is 0 Å². The lowest BCUT2D eigenvalue weighted by Crippen LogP contribution is -2.14. The highest BCUT2D eigenvalue weighted by atomic mass is 19.4. The van der Waals surface area contributed by atoms with Gasteiger partial charge in [-0.25, -0.2) is 28.7 Å². The fourth-order valence-corrected chi connectivity index (χ4v) is 2.80. The summed E-state index contributed by atoms with van der Waals surface area (Å²) >= 11 is 0. The first-order valence-electron chi connectivity index (χ1n) is 7.97. The van der Waals surface area contributed by atoms with Gasteiger partial charge in [0, 0.05) is 18.9 Å². The molecule has 4 aromatic rings. The van der Waals surface area contributed by atoms with Crippen molar-refractivity contribution < 1.29 is 26.7 Å². The number of hydrogen-bond donors (Lipinski definition) is 2. The van der Waals surface area contributed by atoms with Gasteiger partial charge in [0.15, 0.2) is 11.5 Å². The number of methoxy groups -OCH3 is 1. The number of halogens is 5. The quantitative estimate of drug-likeness (QED) is 0.486. The zero-order valence-corrected chi connectivity index (χ0v) is 14.5. The van der Waals surface area contributed by atoms with Gasteiger partial charge in [0.05, 0.1) is 24.8 Å². The van der Waals surface area contributed by atoms with Crippen molar-refractivity contribution in [3.05, 3.63) is 35.8 Å². The van der Waals surface area contributed by atoms with E-state index in [0.29, 0.717) is 5.69 Å². The molecule has 9 nitrogen and oxygen atoms in total. The number of nitrogens with one attached hydrogen (secondary N) is 2. The number of ether oxygens (including phenoxy) is 1. The minimum Gasteiger partial charge on any atom is -0.380 e. The number of rotatable bonds is 5. The molecule has 0 saturated heterocycles. The fourth-order valence-electron chi connectivity index (χ4n) is 2.80. The Morgan fingerprint density at radius 1 is 1.21 bits per heavy atom. The van der Waals surface area contributed by atoms with Gasteiger partial charge in [-0.2, -0.15) is 18.3 Å². The summed E-state index contributed by atoms with van der Waals surface area (Å²) in [5, 5.41) is 5.73. The predicted octanol–water partition coefficient (Wildman–Crippen LogP) is 3.01. The van der Waals surface area contributed by atoms with E-state index in [1.54, 1.807) is 0 Å². The number of aromatic nitrogens is 8. The molecule has 4 heterocycles. The first-order chi connectivity index (χ1) is 13.8. The lowest BCUT2D eigenvalue weighted by Gasteiger charge is -2.12. The Morgan fingerprint density at radius 3 is 2.59 bits per heavy atom. The maximum atomic E-state index is 13.4. The number of aromatic amines is 2.